The standard InChI is InChI=1S/C29H36O14/c1-12-20(32)19-16(31)8-17(14-4-6-15(38-3)7-5-14)41-25(19)13(2)24(12)43-27-23(35)22(34)21(33)18(42-27)9-39-28-26(36)29(37,10-30)11-40-28/h4-7,17-18,21-23,26-28,30,32-37H,8-11H2,1-3H3/t17-,18-,21-,22+,23-,26-,27+,28+,29+/m0/s1. The first kappa shape index (κ1) is 31.4. The van der Waals surface area contributed by atoms with Crippen LogP contribution in [-0.4, -0.2) is 117 Å². The topological polar surface area (TPSA) is 214 Å². The molecule has 43 heavy (non-hydrogen) atoms. The van der Waals surface area contributed by atoms with Crippen LogP contribution in [0.3, 0.4) is 0 Å². The van der Waals surface area contributed by atoms with Gasteiger partial charge in [0.25, 0.3) is 0 Å². The third-order valence-corrected chi connectivity index (χ3v) is 8.15. The zero-order valence-electron chi connectivity index (χ0n) is 23.7. The van der Waals surface area contributed by atoms with Gasteiger partial charge in [-0.1, -0.05) is 12.1 Å². The van der Waals surface area contributed by atoms with Crippen molar-refractivity contribution in [3.8, 4) is 23.0 Å². The third-order valence-electron chi connectivity index (χ3n) is 8.15. The molecular weight excluding hydrogens is 572 g/mol. The van der Waals surface area contributed by atoms with Crippen molar-refractivity contribution in [1.29, 1.82) is 0 Å². The Kier molecular flexibility index (Phi) is 8.87. The second-order valence-electron chi connectivity index (χ2n) is 11.0. The predicted octanol–water partition coefficient (Wildman–Crippen LogP) is -0.632. The second kappa shape index (κ2) is 12.1. The van der Waals surface area contributed by atoms with E-state index in [2.05, 4.69) is 0 Å². The van der Waals surface area contributed by atoms with Gasteiger partial charge >= 0.3 is 0 Å². The van der Waals surface area contributed by atoms with Crippen molar-refractivity contribution in [2.45, 2.75) is 75.1 Å². The lowest BCUT2D eigenvalue weighted by molar-refractivity contribution is -0.289. The van der Waals surface area contributed by atoms with E-state index in [-0.39, 0.29) is 40.6 Å². The molecule has 0 aliphatic carbocycles. The van der Waals surface area contributed by atoms with Crippen LogP contribution < -0.4 is 14.2 Å². The molecule has 0 unspecified atom stereocenters. The lowest BCUT2D eigenvalue weighted by Crippen LogP contribution is -2.60. The average molecular weight is 609 g/mol. The number of phenolic OH excluding ortho intramolecular Hbond substituents is 1. The van der Waals surface area contributed by atoms with Gasteiger partial charge in [-0.15, -0.1) is 0 Å². The summed E-state index contributed by atoms with van der Waals surface area (Å²) in [6.45, 7) is 1.46. The van der Waals surface area contributed by atoms with Crippen LogP contribution in [-0.2, 0) is 14.2 Å². The SMILES string of the molecule is COc1ccc([C@@H]2CC(=O)c3c(O)c(C)c(O[C@H]4O[C@@H](CO[C@@H]5OC[C@](O)(CO)[C@H]5O)[C@H](O)[C@@H](O)[C@@H]4O)c(C)c3O2)cc1. The maximum absolute atomic E-state index is 13.2. The van der Waals surface area contributed by atoms with Crippen LogP contribution in [0.4, 0.5) is 0 Å². The van der Waals surface area contributed by atoms with Crippen LogP contribution in [0.2, 0.25) is 0 Å². The van der Waals surface area contributed by atoms with Gasteiger partial charge in [0.15, 0.2) is 12.1 Å². The van der Waals surface area contributed by atoms with Gasteiger partial charge in [0.05, 0.1) is 33.4 Å². The summed E-state index contributed by atoms with van der Waals surface area (Å²) < 4.78 is 33.7. The van der Waals surface area contributed by atoms with Crippen molar-refractivity contribution < 1.29 is 69.0 Å². The lowest BCUT2D eigenvalue weighted by Gasteiger charge is -2.41. The quantitative estimate of drug-likeness (QED) is 0.199. The number of methoxy groups -OCH3 is 1. The van der Waals surface area contributed by atoms with Crippen LogP contribution >= 0.6 is 0 Å². The number of ketones is 1. The van der Waals surface area contributed by atoms with Gasteiger partial charge in [0.2, 0.25) is 6.29 Å². The summed E-state index contributed by atoms with van der Waals surface area (Å²) in [6, 6.07) is 7.01. The fourth-order valence-corrected chi connectivity index (χ4v) is 5.41. The fraction of sp³-hybridized carbons (Fsp3) is 0.552. The molecule has 0 bridgehead atoms. The van der Waals surface area contributed by atoms with Crippen LogP contribution in [0.5, 0.6) is 23.0 Å². The molecule has 3 aliphatic rings. The molecule has 3 aliphatic heterocycles. The molecule has 7 N–H and O–H groups in total. The number of Topliss-reactive ketones (excluding diaryl/α,β-unsaturated/α-hetero) is 1. The molecule has 2 aromatic carbocycles. The summed E-state index contributed by atoms with van der Waals surface area (Å²) in [5, 5.41) is 72.4. The summed E-state index contributed by atoms with van der Waals surface area (Å²) in [6.07, 6.45) is -11.7. The number of carbonyl (C=O) groups is 1. The highest BCUT2D eigenvalue weighted by Crippen LogP contribution is 2.48. The molecule has 5 rings (SSSR count). The summed E-state index contributed by atoms with van der Waals surface area (Å²) in [4.78, 5) is 13.2. The molecule has 2 saturated heterocycles. The van der Waals surface area contributed by atoms with Gasteiger partial charge in [-0.3, -0.25) is 4.79 Å². The van der Waals surface area contributed by atoms with Gasteiger partial charge < -0.3 is 64.2 Å². The van der Waals surface area contributed by atoms with Crippen LogP contribution in [0, 0.1) is 13.8 Å². The van der Waals surface area contributed by atoms with Gasteiger partial charge in [0, 0.05) is 11.1 Å². The Labute approximate surface area is 246 Å². The number of fused-ring (bicyclic) bond motifs is 1. The van der Waals surface area contributed by atoms with Crippen molar-refractivity contribution >= 4 is 5.78 Å². The molecule has 236 valence electrons. The van der Waals surface area contributed by atoms with Crippen LogP contribution in [0.1, 0.15) is 39.6 Å². The Bertz CT molecular complexity index is 1330. The van der Waals surface area contributed by atoms with Gasteiger partial charge in [-0.2, -0.15) is 0 Å². The molecule has 0 amide bonds. The van der Waals surface area contributed by atoms with E-state index in [0.717, 1.165) is 0 Å². The Morgan fingerprint density at radius 1 is 1.00 bits per heavy atom. The van der Waals surface area contributed by atoms with Crippen LogP contribution in [0.15, 0.2) is 24.3 Å². The van der Waals surface area contributed by atoms with E-state index >= 15 is 0 Å². The first-order valence-corrected chi connectivity index (χ1v) is 13.7. The molecule has 0 spiro atoms. The number of aliphatic hydroxyl groups excluding tert-OH is 5. The molecule has 3 heterocycles. The van der Waals surface area contributed by atoms with E-state index in [1.54, 1.807) is 31.2 Å². The van der Waals surface area contributed by atoms with Gasteiger partial charge in [0.1, 0.15) is 70.8 Å². The van der Waals surface area contributed by atoms with Crippen molar-refractivity contribution in [3.05, 3.63) is 46.5 Å². The number of hydrogen-bond donors (Lipinski definition) is 7. The number of aromatic hydroxyl groups is 1. The molecule has 2 fully saturated rings. The maximum Gasteiger partial charge on any atom is 0.229 e. The van der Waals surface area contributed by atoms with Crippen molar-refractivity contribution in [2.75, 3.05) is 26.9 Å². The smallest absolute Gasteiger partial charge is 0.229 e. The lowest BCUT2D eigenvalue weighted by atomic mass is 9.91. The first-order chi connectivity index (χ1) is 20.4. The minimum atomic E-state index is -1.93. The Morgan fingerprint density at radius 3 is 2.33 bits per heavy atom. The van der Waals surface area contributed by atoms with E-state index in [9.17, 15) is 40.5 Å². The highest BCUT2D eigenvalue weighted by atomic mass is 16.7. The molecule has 2 aromatic rings. The summed E-state index contributed by atoms with van der Waals surface area (Å²) >= 11 is 0. The van der Waals surface area contributed by atoms with Crippen molar-refractivity contribution in [1.82, 2.24) is 0 Å². The summed E-state index contributed by atoms with van der Waals surface area (Å²) in [7, 11) is 1.54. The third kappa shape index (κ3) is 5.66. The molecule has 9 atom stereocenters. The number of benzene rings is 2. The number of aliphatic hydroxyl groups is 6. The highest BCUT2D eigenvalue weighted by molar-refractivity contribution is 6.03. The molecule has 0 saturated carbocycles. The number of phenols is 1. The second-order valence-corrected chi connectivity index (χ2v) is 11.0. The number of rotatable bonds is 8. The van der Waals surface area contributed by atoms with Gasteiger partial charge in [-0.05, 0) is 31.5 Å². The minimum absolute atomic E-state index is 0.00286. The van der Waals surface area contributed by atoms with Crippen molar-refractivity contribution in [3.63, 3.8) is 0 Å². The molecule has 14 nitrogen and oxygen atoms in total. The minimum Gasteiger partial charge on any atom is -0.507 e. The summed E-state index contributed by atoms with van der Waals surface area (Å²) in [5.74, 6) is 0.0285. The Morgan fingerprint density at radius 2 is 1.70 bits per heavy atom. The van der Waals surface area contributed by atoms with E-state index in [1.807, 2.05) is 0 Å². The zero-order valence-corrected chi connectivity index (χ0v) is 23.7. The number of hydrogen-bond acceptors (Lipinski definition) is 14. The molecular formula is C29H36O14. The summed E-state index contributed by atoms with van der Waals surface area (Å²) in [5.41, 5.74) is -0.742. The van der Waals surface area contributed by atoms with E-state index in [1.165, 1.54) is 14.0 Å². The Hall–Kier alpha value is -3.05. The van der Waals surface area contributed by atoms with E-state index < -0.39 is 74.6 Å². The fourth-order valence-electron chi connectivity index (χ4n) is 5.41. The predicted molar refractivity (Wildman–Crippen MR) is 144 cm³/mol. The number of carbonyl (C=O) groups excluding carboxylic acids is 1. The van der Waals surface area contributed by atoms with Crippen molar-refractivity contribution in [2.24, 2.45) is 0 Å². The van der Waals surface area contributed by atoms with Crippen LogP contribution in [0.25, 0.3) is 0 Å². The maximum atomic E-state index is 13.2. The molecule has 14 heteroatoms. The average Bonchev–Trinajstić information content (AvgIpc) is 3.30. The molecule has 0 radical (unpaired) electrons. The highest BCUT2D eigenvalue weighted by Gasteiger charge is 2.50. The first-order valence-electron chi connectivity index (χ1n) is 13.7. The zero-order chi connectivity index (χ0) is 31.2. The normalized spacial score (nSPS) is 34.0. The van der Waals surface area contributed by atoms with E-state index in [0.29, 0.717) is 16.9 Å². The monoisotopic (exact) mass is 608 g/mol. The van der Waals surface area contributed by atoms with E-state index in [4.69, 9.17) is 28.4 Å². The molecule has 0 aromatic heterocycles. The Balaban J connectivity index is 1.37. The number of ether oxygens (including phenoxy) is 6. The van der Waals surface area contributed by atoms with Gasteiger partial charge in [-0.25, -0.2) is 0 Å². The largest absolute Gasteiger partial charge is 0.507 e.